The van der Waals surface area contributed by atoms with Crippen LogP contribution in [0, 0.1) is 17.8 Å². The highest BCUT2D eigenvalue weighted by atomic mass is 16.1. The van der Waals surface area contributed by atoms with Gasteiger partial charge in [0.2, 0.25) is 5.91 Å². The van der Waals surface area contributed by atoms with Crippen molar-refractivity contribution in [3.05, 3.63) is 0 Å². The van der Waals surface area contributed by atoms with Crippen molar-refractivity contribution in [2.45, 2.75) is 32.7 Å². The van der Waals surface area contributed by atoms with Crippen LogP contribution in [-0.4, -0.2) is 25.0 Å². The van der Waals surface area contributed by atoms with Gasteiger partial charge in [0.05, 0.1) is 6.54 Å². The summed E-state index contributed by atoms with van der Waals surface area (Å²) >= 11 is 0. The topological polar surface area (TPSA) is 41.1 Å². The molecule has 0 aromatic heterocycles. The first-order chi connectivity index (χ1) is 6.74. The Morgan fingerprint density at radius 1 is 1.64 bits per heavy atom. The SMILES string of the molecule is CC#CCNC(=O)C1CCNC(C)C1. The predicted octanol–water partition coefficient (Wildman–Crippen LogP) is 0.514. The molecular formula is C11H18N2O. The summed E-state index contributed by atoms with van der Waals surface area (Å²) in [4.78, 5) is 11.6. The highest BCUT2D eigenvalue weighted by Gasteiger charge is 2.23. The van der Waals surface area contributed by atoms with Gasteiger partial charge in [-0.1, -0.05) is 5.92 Å². The second-order valence-electron chi connectivity index (χ2n) is 3.72. The van der Waals surface area contributed by atoms with Crippen molar-refractivity contribution in [3.8, 4) is 11.8 Å². The highest BCUT2D eigenvalue weighted by molar-refractivity contribution is 5.79. The van der Waals surface area contributed by atoms with E-state index in [0.29, 0.717) is 12.6 Å². The van der Waals surface area contributed by atoms with Crippen LogP contribution >= 0.6 is 0 Å². The van der Waals surface area contributed by atoms with Crippen LogP contribution in [-0.2, 0) is 4.79 Å². The van der Waals surface area contributed by atoms with Crippen molar-refractivity contribution in [2.24, 2.45) is 5.92 Å². The third-order valence-electron chi connectivity index (χ3n) is 2.52. The molecule has 0 saturated carbocycles. The van der Waals surface area contributed by atoms with Crippen LogP contribution in [0.5, 0.6) is 0 Å². The Morgan fingerprint density at radius 3 is 3.07 bits per heavy atom. The standard InChI is InChI=1S/C11H18N2O/c1-3-4-6-13-11(14)10-5-7-12-9(2)8-10/h9-10,12H,5-8H2,1-2H3,(H,13,14). The van der Waals surface area contributed by atoms with E-state index in [1.807, 2.05) is 0 Å². The van der Waals surface area contributed by atoms with Gasteiger partial charge in [-0.25, -0.2) is 0 Å². The fourth-order valence-corrected chi connectivity index (χ4v) is 1.73. The number of hydrogen-bond acceptors (Lipinski definition) is 2. The van der Waals surface area contributed by atoms with Crippen LogP contribution in [0.1, 0.15) is 26.7 Å². The minimum Gasteiger partial charge on any atom is -0.345 e. The minimum absolute atomic E-state index is 0.154. The maximum atomic E-state index is 11.6. The third-order valence-corrected chi connectivity index (χ3v) is 2.52. The van der Waals surface area contributed by atoms with Crippen LogP contribution in [0.25, 0.3) is 0 Å². The van der Waals surface area contributed by atoms with E-state index in [0.717, 1.165) is 19.4 Å². The molecule has 0 spiro atoms. The maximum absolute atomic E-state index is 11.6. The van der Waals surface area contributed by atoms with E-state index in [1.165, 1.54) is 0 Å². The van der Waals surface area contributed by atoms with Crippen LogP contribution in [0.2, 0.25) is 0 Å². The molecule has 0 aliphatic carbocycles. The number of carbonyl (C=O) groups excluding carboxylic acids is 1. The van der Waals surface area contributed by atoms with Crippen molar-refractivity contribution < 1.29 is 4.79 Å². The largest absolute Gasteiger partial charge is 0.345 e. The van der Waals surface area contributed by atoms with Gasteiger partial charge in [0.15, 0.2) is 0 Å². The minimum atomic E-state index is 0.154. The quantitative estimate of drug-likeness (QED) is 0.629. The number of nitrogens with one attached hydrogen (secondary N) is 2. The highest BCUT2D eigenvalue weighted by Crippen LogP contribution is 2.15. The van der Waals surface area contributed by atoms with Crippen LogP contribution < -0.4 is 10.6 Å². The monoisotopic (exact) mass is 194 g/mol. The van der Waals surface area contributed by atoms with Gasteiger partial charge in [-0.2, -0.15) is 0 Å². The van der Waals surface area contributed by atoms with Crippen molar-refractivity contribution >= 4 is 5.91 Å². The van der Waals surface area contributed by atoms with Crippen LogP contribution in [0.4, 0.5) is 0 Å². The molecule has 1 aliphatic heterocycles. The Balaban J connectivity index is 2.31. The van der Waals surface area contributed by atoms with Gasteiger partial charge < -0.3 is 10.6 Å². The Labute approximate surface area is 85.6 Å². The molecule has 14 heavy (non-hydrogen) atoms. The second-order valence-corrected chi connectivity index (χ2v) is 3.72. The smallest absolute Gasteiger partial charge is 0.223 e. The molecule has 2 unspecified atom stereocenters. The van der Waals surface area contributed by atoms with E-state index in [9.17, 15) is 4.79 Å². The molecule has 1 rings (SSSR count). The van der Waals surface area contributed by atoms with Gasteiger partial charge in [0.25, 0.3) is 0 Å². The van der Waals surface area contributed by atoms with E-state index in [2.05, 4.69) is 29.4 Å². The van der Waals surface area contributed by atoms with Gasteiger partial charge in [0, 0.05) is 12.0 Å². The summed E-state index contributed by atoms with van der Waals surface area (Å²) in [6, 6.07) is 0.455. The summed E-state index contributed by atoms with van der Waals surface area (Å²) in [5, 5.41) is 6.16. The van der Waals surface area contributed by atoms with E-state index in [1.54, 1.807) is 6.92 Å². The first-order valence-electron chi connectivity index (χ1n) is 5.14. The van der Waals surface area contributed by atoms with Gasteiger partial charge in [0.1, 0.15) is 0 Å². The molecule has 78 valence electrons. The van der Waals surface area contributed by atoms with E-state index in [-0.39, 0.29) is 11.8 Å². The van der Waals surface area contributed by atoms with Gasteiger partial charge in [-0.05, 0) is 33.2 Å². The average molecular weight is 194 g/mol. The lowest BCUT2D eigenvalue weighted by Crippen LogP contribution is -2.42. The lowest BCUT2D eigenvalue weighted by molar-refractivity contribution is -0.125. The van der Waals surface area contributed by atoms with E-state index >= 15 is 0 Å². The number of piperidine rings is 1. The summed E-state index contributed by atoms with van der Waals surface area (Å²) < 4.78 is 0. The van der Waals surface area contributed by atoms with Crippen molar-refractivity contribution in [3.63, 3.8) is 0 Å². The van der Waals surface area contributed by atoms with Crippen LogP contribution in [0.15, 0.2) is 0 Å². The zero-order valence-electron chi connectivity index (χ0n) is 8.89. The van der Waals surface area contributed by atoms with Crippen molar-refractivity contribution in [2.75, 3.05) is 13.1 Å². The van der Waals surface area contributed by atoms with Gasteiger partial charge in [-0.15, -0.1) is 5.92 Å². The Hall–Kier alpha value is -1.01. The summed E-state index contributed by atoms with van der Waals surface area (Å²) in [6.45, 7) is 5.32. The molecule has 1 aliphatic rings. The molecule has 0 bridgehead atoms. The fourth-order valence-electron chi connectivity index (χ4n) is 1.73. The van der Waals surface area contributed by atoms with Gasteiger partial charge in [-0.3, -0.25) is 4.79 Å². The van der Waals surface area contributed by atoms with Gasteiger partial charge >= 0.3 is 0 Å². The summed E-state index contributed by atoms with van der Waals surface area (Å²) in [5.74, 6) is 5.91. The Kier molecular flexibility index (Phi) is 4.48. The maximum Gasteiger partial charge on any atom is 0.223 e. The fraction of sp³-hybridized carbons (Fsp3) is 0.727. The molecule has 1 fully saturated rings. The predicted molar refractivity (Wildman–Crippen MR) is 56.6 cm³/mol. The Bertz CT molecular complexity index is 252. The first-order valence-corrected chi connectivity index (χ1v) is 5.14. The number of rotatable bonds is 2. The molecule has 3 heteroatoms. The molecule has 1 heterocycles. The molecule has 1 saturated heterocycles. The Morgan fingerprint density at radius 2 is 2.43 bits per heavy atom. The van der Waals surface area contributed by atoms with E-state index in [4.69, 9.17) is 0 Å². The van der Waals surface area contributed by atoms with Crippen LogP contribution in [0.3, 0.4) is 0 Å². The normalized spacial score (nSPS) is 26.1. The lowest BCUT2D eigenvalue weighted by atomic mass is 9.92. The number of carbonyl (C=O) groups is 1. The average Bonchev–Trinajstić information content (AvgIpc) is 2.18. The lowest BCUT2D eigenvalue weighted by Gasteiger charge is -2.26. The van der Waals surface area contributed by atoms with E-state index < -0.39 is 0 Å². The molecule has 2 atom stereocenters. The molecule has 1 amide bonds. The zero-order chi connectivity index (χ0) is 10.4. The number of hydrogen-bond donors (Lipinski definition) is 2. The molecule has 2 N–H and O–H groups in total. The van der Waals surface area contributed by atoms with Crippen molar-refractivity contribution in [1.82, 2.24) is 10.6 Å². The third kappa shape index (κ3) is 3.39. The molecule has 0 aromatic carbocycles. The molecular weight excluding hydrogens is 176 g/mol. The second kappa shape index (κ2) is 5.66. The molecule has 0 radical (unpaired) electrons. The summed E-state index contributed by atoms with van der Waals surface area (Å²) in [5.41, 5.74) is 0. The summed E-state index contributed by atoms with van der Waals surface area (Å²) in [7, 11) is 0. The summed E-state index contributed by atoms with van der Waals surface area (Å²) in [6.07, 6.45) is 1.88. The number of amides is 1. The zero-order valence-corrected chi connectivity index (χ0v) is 8.89. The molecule has 3 nitrogen and oxygen atoms in total. The molecule has 0 aromatic rings. The first kappa shape index (κ1) is 11.1. The van der Waals surface area contributed by atoms with Crippen molar-refractivity contribution in [1.29, 1.82) is 0 Å².